The summed E-state index contributed by atoms with van der Waals surface area (Å²) in [5, 5.41) is 2.90. The molecule has 0 radical (unpaired) electrons. The highest BCUT2D eigenvalue weighted by Gasteiger charge is 2.18. The Bertz CT molecular complexity index is 735. The summed E-state index contributed by atoms with van der Waals surface area (Å²) in [4.78, 5) is 23.5. The molecule has 7 heteroatoms. The fourth-order valence-electron chi connectivity index (χ4n) is 1.82. The number of anilines is 1. The molecule has 5 nitrogen and oxygen atoms in total. The summed E-state index contributed by atoms with van der Waals surface area (Å²) in [5.74, 6) is -1.42. The Morgan fingerprint density at radius 3 is 2.48 bits per heavy atom. The van der Waals surface area contributed by atoms with E-state index in [1.807, 2.05) is 0 Å². The first-order valence-electron chi connectivity index (χ1n) is 6.69. The molecule has 1 unspecified atom stereocenters. The first-order chi connectivity index (χ1) is 10.9. The molecule has 0 aromatic heterocycles. The normalized spacial score (nSPS) is 11.6. The minimum absolute atomic E-state index is 0.0823. The Kier molecular flexibility index (Phi) is 5.18. The van der Waals surface area contributed by atoms with Gasteiger partial charge in [-0.05, 0) is 49.4 Å². The molecule has 23 heavy (non-hydrogen) atoms. The fourth-order valence-corrected chi connectivity index (χ4v) is 1.99. The first-order valence-corrected chi connectivity index (χ1v) is 7.07. The maximum Gasteiger partial charge on any atom is 0.265 e. The highest BCUT2D eigenvalue weighted by molar-refractivity contribution is 6.31. The number of benzene rings is 2. The third-order valence-electron chi connectivity index (χ3n) is 2.99. The van der Waals surface area contributed by atoms with Gasteiger partial charge in [-0.2, -0.15) is 0 Å². The average Bonchev–Trinajstić information content (AvgIpc) is 2.51. The van der Waals surface area contributed by atoms with Gasteiger partial charge in [0, 0.05) is 10.7 Å². The zero-order valence-electron chi connectivity index (χ0n) is 12.2. The number of carbonyl (C=O) groups is 2. The van der Waals surface area contributed by atoms with E-state index in [0.29, 0.717) is 10.7 Å². The van der Waals surface area contributed by atoms with Crippen LogP contribution in [0.25, 0.3) is 0 Å². The van der Waals surface area contributed by atoms with Crippen LogP contribution in [-0.4, -0.2) is 17.9 Å². The number of halogens is 2. The zero-order valence-corrected chi connectivity index (χ0v) is 12.9. The monoisotopic (exact) mass is 336 g/mol. The molecule has 0 bridgehead atoms. The van der Waals surface area contributed by atoms with Gasteiger partial charge in [-0.3, -0.25) is 9.59 Å². The Labute approximate surface area is 137 Å². The second-order valence-corrected chi connectivity index (χ2v) is 5.20. The quantitative estimate of drug-likeness (QED) is 0.880. The van der Waals surface area contributed by atoms with Crippen LogP contribution in [0.4, 0.5) is 10.1 Å². The third kappa shape index (κ3) is 4.43. The van der Waals surface area contributed by atoms with Gasteiger partial charge < -0.3 is 15.8 Å². The van der Waals surface area contributed by atoms with Gasteiger partial charge in [0.25, 0.3) is 11.8 Å². The van der Waals surface area contributed by atoms with E-state index in [1.165, 1.54) is 49.4 Å². The topological polar surface area (TPSA) is 81.4 Å². The summed E-state index contributed by atoms with van der Waals surface area (Å²) in [6, 6.07) is 9.66. The van der Waals surface area contributed by atoms with Gasteiger partial charge in [0.15, 0.2) is 6.10 Å². The third-order valence-corrected chi connectivity index (χ3v) is 3.23. The van der Waals surface area contributed by atoms with Gasteiger partial charge in [-0.1, -0.05) is 11.6 Å². The number of rotatable bonds is 5. The van der Waals surface area contributed by atoms with E-state index in [9.17, 15) is 14.0 Å². The summed E-state index contributed by atoms with van der Waals surface area (Å²) < 4.78 is 18.3. The van der Waals surface area contributed by atoms with Crippen molar-refractivity contribution < 1.29 is 18.7 Å². The Morgan fingerprint density at radius 2 is 1.87 bits per heavy atom. The van der Waals surface area contributed by atoms with E-state index in [1.54, 1.807) is 0 Å². The lowest BCUT2D eigenvalue weighted by Crippen LogP contribution is -2.30. The Balaban J connectivity index is 2.09. The molecule has 2 rings (SSSR count). The molecular weight excluding hydrogens is 323 g/mol. The van der Waals surface area contributed by atoms with Crippen LogP contribution in [0, 0.1) is 5.82 Å². The van der Waals surface area contributed by atoms with E-state index in [0.717, 1.165) is 0 Å². The summed E-state index contributed by atoms with van der Waals surface area (Å²) in [5.41, 5.74) is 5.77. The molecule has 0 aliphatic heterocycles. The van der Waals surface area contributed by atoms with Crippen molar-refractivity contribution in [3.8, 4) is 5.75 Å². The van der Waals surface area contributed by atoms with E-state index in [2.05, 4.69) is 5.32 Å². The van der Waals surface area contributed by atoms with E-state index >= 15 is 0 Å². The van der Waals surface area contributed by atoms with Crippen molar-refractivity contribution >= 4 is 29.1 Å². The summed E-state index contributed by atoms with van der Waals surface area (Å²) in [6.07, 6.45) is -0.903. The lowest BCUT2D eigenvalue weighted by Gasteiger charge is -2.16. The lowest BCUT2D eigenvalue weighted by molar-refractivity contribution is -0.122. The molecular formula is C16H14ClFN2O3. The first kappa shape index (κ1) is 16.8. The van der Waals surface area contributed by atoms with Crippen LogP contribution in [0.5, 0.6) is 5.75 Å². The number of amides is 2. The van der Waals surface area contributed by atoms with Gasteiger partial charge in [-0.15, -0.1) is 0 Å². The van der Waals surface area contributed by atoms with Crippen molar-refractivity contribution in [3.63, 3.8) is 0 Å². The molecule has 2 aromatic carbocycles. The van der Waals surface area contributed by atoms with Crippen molar-refractivity contribution in [2.24, 2.45) is 5.73 Å². The number of hydrogen-bond donors (Lipinski definition) is 2. The van der Waals surface area contributed by atoms with Crippen molar-refractivity contribution in [2.45, 2.75) is 13.0 Å². The molecule has 0 heterocycles. The predicted octanol–water partition coefficient (Wildman–Crippen LogP) is 2.98. The molecule has 0 aliphatic rings. The summed E-state index contributed by atoms with van der Waals surface area (Å²) in [6.45, 7) is 1.51. The van der Waals surface area contributed by atoms with Crippen LogP contribution in [0.1, 0.15) is 17.3 Å². The van der Waals surface area contributed by atoms with Crippen molar-refractivity contribution in [3.05, 3.63) is 58.9 Å². The Morgan fingerprint density at radius 1 is 1.22 bits per heavy atom. The number of nitrogens with two attached hydrogens (primary N) is 1. The minimum Gasteiger partial charge on any atom is -0.480 e. The largest absolute Gasteiger partial charge is 0.480 e. The number of ether oxygens (including phenoxy) is 1. The van der Waals surface area contributed by atoms with Crippen LogP contribution in [-0.2, 0) is 4.79 Å². The SMILES string of the molecule is CC(Oc1ccc(Cl)cc1C(N)=O)C(=O)Nc1ccc(F)cc1. The number of primary amides is 1. The molecule has 2 amide bonds. The second-order valence-electron chi connectivity index (χ2n) is 4.76. The minimum atomic E-state index is -0.903. The maximum absolute atomic E-state index is 12.8. The molecule has 0 spiro atoms. The second kappa shape index (κ2) is 7.11. The van der Waals surface area contributed by atoms with Crippen molar-refractivity contribution in [2.75, 3.05) is 5.32 Å². The average molecular weight is 337 g/mol. The van der Waals surface area contributed by atoms with Crippen LogP contribution in [0.2, 0.25) is 5.02 Å². The molecule has 0 saturated carbocycles. The van der Waals surface area contributed by atoms with Gasteiger partial charge >= 0.3 is 0 Å². The zero-order chi connectivity index (χ0) is 17.0. The van der Waals surface area contributed by atoms with Crippen molar-refractivity contribution in [1.82, 2.24) is 0 Å². The number of nitrogens with one attached hydrogen (secondary N) is 1. The van der Waals surface area contributed by atoms with Crippen molar-refractivity contribution in [1.29, 1.82) is 0 Å². The van der Waals surface area contributed by atoms with E-state index < -0.39 is 23.7 Å². The molecule has 120 valence electrons. The molecule has 2 aromatic rings. The van der Waals surface area contributed by atoms with E-state index in [4.69, 9.17) is 22.1 Å². The number of carbonyl (C=O) groups excluding carboxylic acids is 2. The van der Waals surface area contributed by atoms with Crippen LogP contribution >= 0.6 is 11.6 Å². The molecule has 0 fully saturated rings. The lowest BCUT2D eigenvalue weighted by atomic mass is 10.2. The fraction of sp³-hybridized carbons (Fsp3) is 0.125. The summed E-state index contributed by atoms with van der Waals surface area (Å²) in [7, 11) is 0. The molecule has 1 atom stereocenters. The van der Waals surface area contributed by atoms with Crippen LogP contribution in [0.3, 0.4) is 0 Å². The van der Waals surface area contributed by atoms with Crippen LogP contribution < -0.4 is 15.8 Å². The van der Waals surface area contributed by atoms with Crippen LogP contribution in [0.15, 0.2) is 42.5 Å². The highest BCUT2D eigenvalue weighted by atomic mass is 35.5. The maximum atomic E-state index is 12.8. The predicted molar refractivity (Wildman–Crippen MR) is 85.1 cm³/mol. The van der Waals surface area contributed by atoms with Gasteiger partial charge in [-0.25, -0.2) is 4.39 Å². The molecule has 0 aliphatic carbocycles. The smallest absolute Gasteiger partial charge is 0.265 e. The van der Waals surface area contributed by atoms with Gasteiger partial charge in [0.05, 0.1) is 5.56 Å². The summed E-state index contributed by atoms with van der Waals surface area (Å²) >= 11 is 5.81. The van der Waals surface area contributed by atoms with Gasteiger partial charge in [0.1, 0.15) is 11.6 Å². The standard InChI is InChI=1S/C16H14ClFN2O3/c1-9(16(22)20-12-5-3-11(18)4-6-12)23-14-7-2-10(17)8-13(14)15(19)21/h2-9H,1H3,(H2,19,21)(H,20,22). The molecule has 3 N–H and O–H groups in total. The van der Waals surface area contributed by atoms with E-state index in [-0.39, 0.29) is 11.3 Å². The van der Waals surface area contributed by atoms with Gasteiger partial charge in [0.2, 0.25) is 0 Å². The number of hydrogen-bond acceptors (Lipinski definition) is 3. The highest BCUT2D eigenvalue weighted by Crippen LogP contribution is 2.23. The Hall–Kier alpha value is -2.60. The molecule has 0 saturated heterocycles.